The minimum atomic E-state index is -3.98. The molecule has 3 N–H and O–H groups in total. The van der Waals surface area contributed by atoms with Crippen LogP contribution >= 0.6 is 0 Å². The highest BCUT2D eigenvalue weighted by molar-refractivity contribution is 7.89. The first kappa shape index (κ1) is 18.0. The Labute approximate surface area is 139 Å². The lowest BCUT2D eigenvalue weighted by molar-refractivity contribution is -0.138. The second kappa shape index (κ2) is 7.49. The number of hydrogen-bond donors (Lipinski definition) is 3. The topological polar surface area (TPSA) is 131 Å². The fourth-order valence-electron chi connectivity index (χ4n) is 1.98. The molecule has 0 aliphatic carbocycles. The van der Waals surface area contributed by atoms with Gasteiger partial charge >= 0.3 is 5.97 Å². The van der Waals surface area contributed by atoms with Gasteiger partial charge in [-0.2, -0.15) is 4.72 Å². The molecule has 24 heavy (non-hydrogen) atoms. The van der Waals surface area contributed by atoms with Crippen LogP contribution in [0.1, 0.15) is 13.3 Å². The first-order valence-corrected chi connectivity index (χ1v) is 8.69. The van der Waals surface area contributed by atoms with E-state index in [1.54, 1.807) is 0 Å². The Kier molecular flexibility index (Phi) is 5.62. The lowest BCUT2D eigenvalue weighted by Gasteiger charge is -2.15. The summed E-state index contributed by atoms with van der Waals surface area (Å²) in [6, 6.07) is 3.03. The summed E-state index contributed by atoms with van der Waals surface area (Å²) in [7, 11) is -3.98. The molecule has 9 nitrogen and oxygen atoms in total. The summed E-state index contributed by atoms with van der Waals surface area (Å²) in [6.45, 7) is 1.63. The van der Waals surface area contributed by atoms with Gasteiger partial charge in [-0.25, -0.2) is 8.42 Å². The van der Waals surface area contributed by atoms with Gasteiger partial charge < -0.3 is 19.9 Å². The summed E-state index contributed by atoms with van der Waals surface area (Å²) in [6.07, 6.45) is 0.690. The number of sulfonamides is 1. The quantitative estimate of drug-likeness (QED) is 0.637. The number of rotatable bonds is 6. The molecule has 0 radical (unpaired) electrons. The molecule has 0 spiro atoms. The normalized spacial score (nSPS) is 15.2. The zero-order chi connectivity index (χ0) is 17.7. The van der Waals surface area contributed by atoms with Crippen molar-refractivity contribution in [2.24, 2.45) is 0 Å². The number of carbonyl (C=O) groups is 2. The Balaban J connectivity index is 2.11. The zero-order valence-electron chi connectivity index (χ0n) is 12.9. The number of amides is 1. The van der Waals surface area contributed by atoms with Crippen molar-refractivity contribution in [2.45, 2.75) is 24.3 Å². The van der Waals surface area contributed by atoms with Crippen LogP contribution in [-0.4, -0.2) is 51.2 Å². The summed E-state index contributed by atoms with van der Waals surface area (Å²) in [4.78, 5) is 22.0. The van der Waals surface area contributed by atoms with Gasteiger partial charge in [-0.15, -0.1) is 0 Å². The van der Waals surface area contributed by atoms with Gasteiger partial charge in [0.2, 0.25) is 15.9 Å². The second-order valence-corrected chi connectivity index (χ2v) is 6.83. The van der Waals surface area contributed by atoms with E-state index >= 15 is 0 Å². The maximum Gasteiger partial charge on any atom is 0.322 e. The predicted octanol–water partition coefficient (Wildman–Crippen LogP) is -0.284. The summed E-state index contributed by atoms with van der Waals surface area (Å²) < 4.78 is 37.8. The summed E-state index contributed by atoms with van der Waals surface area (Å²) in [5.41, 5.74) is 0. The molecule has 1 atom stereocenters. The number of hydrogen-bond acceptors (Lipinski definition) is 6. The minimum Gasteiger partial charge on any atom is -0.490 e. The van der Waals surface area contributed by atoms with Crippen molar-refractivity contribution in [1.82, 2.24) is 10.0 Å². The molecule has 1 aromatic carbocycles. The van der Waals surface area contributed by atoms with Gasteiger partial charge in [-0.05, 0) is 19.1 Å². The highest BCUT2D eigenvalue weighted by atomic mass is 32.2. The Morgan fingerprint density at radius 2 is 1.92 bits per heavy atom. The Hall–Kier alpha value is -2.33. The van der Waals surface area contributed by atoms with Crippen LogP contribution in [0.2, 0.25) is 0 Å². The number of carboxylic acids is 1. The number of carboxylic acid groups (broad SMARTS) is 1. The Morgan fingerprint density at radius 3 is 2.58 bits per heavy atom. The van der Waals surface area contributed by atoms with Crippen LogP contribution in [0.15, 0.2) is 23.1 Å². The van der Waals surface area contributed by atoms with Crippen molar-refractivity contribution in [2.75, 3.05) is 19.8 Å². The van der Waals surface area contributed by atoms with E-state index in [0.29, 0.717) is 31.1 Å². The van der Waals surface area contributed by atoms with Crippen LogP contribution in [0.4, 0.5) is 0 Å². The molecule has 2 rings (SSSR count). The molecule has 1 unspecified atom stereocenters. The van der Waals surface area contributed by atoms with Crippen molar-refractivity contribution < 1.29 is 32.6 Å². The average Bonchev–Trinajstić information content (AvgIpc) is 2.76. The average molecular weight is 358 g/mol. The molecule has 0 fully saturated rings. The first-order valence-electron chi connectivity index (χ1n) is 7.21. The molecule has 132 valence electrons. The molecule has 1 aromatic rings. The first-order chi connectivity index (χ1) is 11.3. The molecular formula is C14H18N2O7S. The lowest BCUT2D eigenvalue weighted by atomic mass is 10.3. The maximum absolute atomic E-state index is 12.4. The van der Waals surface area contributed by atoms with E-state index in [4.69, 9.17) is 14.6 Å². The van der Waals surface area contributed by atoms with Crippen LogP contribution in [0.25, 0.3) is 0 Å². The van der Waals surface area contributed by atoms with E-state index in [9.17, 15) is 18.0 Å². The van der Waals surface area contributed by atoms with Crippen LogP contribution in [0, 0.1) is 0 Å². The van der Waals surface area contributed by atoms with Gasteiger partial charge in [0.25, 0.3) is 0 Å². The molecule has 0 saturated heterocycles. The standard InChI is InChI=1S/C14H18N2O7S/c1-9(14(19)15-8-13(17)18)16-24(20,21)10-3-4-11-12(7-10)23-6-2-5-22-11/h3-4,7,9,16H,2,5-6,8H2,1H3,(H,15,19)(H,17,18). The maximum atomic E-state index is 12.4. The van der Waals surface area contributed by atoms with E-state index in [2.05, 4.69) is 10.0 Å². The number of nitrogens with one attached hydrogen (secondary N) is 2. The van der Waals surface area contributed by atoms with Crippen molar-refractivity contribution >= 4 is 21.9 Å². The summed E-state index contributed by atoms with van der Waals surface area (Å²) in [5, 5.41) is 10.6. The molecule has 0 bridgehead atoms. The largest absolute Gasteiger partial charge is 0.490 e. The van der Waals surface area contributed by atoms with E-state index in [1.165, 1.54) is 25.1 Å². The number of fused-ring (bicyclic) bond motifs is 1. The summed E-state index contributed by atoms with van der Waals surface area (Å²) >= 11 is 0. The van der Waals surface area contributed by atoms with Crippen LogP contribution in [-0.2, 0) is 19.6 Å². The van der Waals surface area contributed by atoms with Crippen LogP contribution in [0.3, 0.4) is 0 Å². The van der Waals surface area contributed by atoms with E-state index in [-0.39, 0.29) is 4.90 Å². The molecular weight excluding hydrogens is 340 g/mol. The number of aliphatic carboxylic acids is 1. The third kappa shape index (κ3) is 4.59. The van der Waals surface area contributed by atoms with Crippen molar-refractivity contribution in [1.29, 1.82) is 0 Å². The van der Waals surface area contributed by atoms with Crippen molar-refractivity contribution in [3.05, 3.63) is 18.2 Å². The molecule has 1 aliphatic rings. The van der Waals surface area contributed by atoms with Gasteiger partial charge in [0, 0.05) is 12.5 Å². The van der Waals surface area contributed by atoms with Crippen molar-refractivity contribution in [3.8, 4) is 11.5 Å². The molecule has 1 aliphatic heterocycles. The fourth-order valence-corrected chi connectivity index (χ4v) is 3.20. The smallest absolute Gasteiger partial charge is 0.322 e. The van der Waals surface area contributed by atoms with Crippen molar-refractivity contribution in [3.63, 3.8) is 0 Å². The molecule has 1 amide bonds. The third-order valence-corrected chi connectivity index (χ3v) is 4.71. The Morgan fingerprint density at radius 1 is 1.25 bits per heavy atom. The highest BCUT2D eigenvalue weighted by Gasteiger charge is 2.24. The van der Waals surface area contributed by atoms with E-state index < -0.39 is 34.5 Å². The van der Waals surface area contributed by atoms with Gasteiger partial charge in [0.15, 0.2) is 11.5 Å². The van der Waals surface area contributed by atoms with E-state index in [1.807, 2.05) is 0 Å². The van der Waals surface area contributed by atoms with Crippen LogP contribution < -0.4 is 19.5 Å². The number of ether oxygens (including phenoxy) is 2. The van der Waals surface area contributed by atoms with Crippen LogP contribution in [0.5, 0.6) is 11.5 Å². The second-order valence-electron chi connectivity index (χ2n) is 5.11. The summed E-state index contributed by atoms with van der Waals surface area (Å²) in [5.74, 6) is -1.19. The predicted molar refractivity (Wildman–Crippen MR) is 82.5 cm³/mol. The number of benzene rings is 1. The van der Waals surface area contributed by atoms with Gasteiger partial charge in [-0.1, -0.05) is 0 Å². The fraction of sp³-hybridized carbons (Fsp3) is 0.429. The third-order valence-electron chi connectivity index (χ3n) is 3.17. The van der Waals surface area contributed by atoms with E-state index in [0.717, 1.165) is 0 Å². The monoisotopic (exact) mass is 358 g/mol. The van der Waals surface area contributed by atoms with Gasteiger partial charge in [0.05, 0.1) is 24.2 Å². The van der Waals surface area contributed by atoms with Gasteiger partial charge in [-0.3, -0.25) is 9.59 Å². The highest BCUT2D eigenvalue weighted by Crippen LogP contribution is 2.31. The Bertz CT molecular complexity index is 733. The SMILES string of the molecule is CC(NS(=O)(=O)c1ccc2c(c1)OCCCO2)C(=O)NCC(=O)O. The molecule has 10 heteroatoms. The lowest BCUT2D eigenvalue weighted by Crippen LogP contribution is -2.45. The molecule has 0 aromatic heterocycles. The molecule has 1 heterocycles. The number of carbonyl (C=O) groups excluding carboxylic acids is 1. The zero-order valence-corrected chi connectivity index (χ0v) is 13.8. The molecule has 0 saturated carbocycles. The van der Waals surface area contributed by atoms with Gasteiger partial charge in [0.1, 0.15) is 6.54 Å². The minimum absolute atomic E-state index is 0.0790.